The Labute approximate surface area is 128 Å². The van der Waals surface area contributed by atoms with Gasteiger partial charge < -0.3 is 9.84 Å². The van der Waals surface area contributed by atoms with Crippen molar-refractivity contribution in [2.75, 3.05) is 0 Å². The average Bonchev–Trinajstić information content (AvgIpc) is 2.56. The summed E-state index contributed by atoms with van der Waals surface area (Å²) in [5.41, 5.74) is 1.76. The van der Waals surface area contributed by atoms with Gasteiger partial charge in [-0.25, -0.2) is 4.79 Å². The van der Waals surface area contributed by atoms with Gasteiger partial charge in [0.1, 0.15) is 11.5 Å². The highest BCUT2D eigenvalue weighted by Gasteiger charge is 2.13. The van der Waals surface area contributed by atoms with E-state index in [1.54, 1.807) is 18.2 Å². The van der Waals surface area contributed by atoms with Crippen LogP contribution >= 0.6 is 0 Å². The predicted octanol–water partition coefficient (Wildman–Crippen LogP) is 4.84. The van der Waals surface area contributed by atoms with Crippen LogP contribution in [0, 0.1) is 0 Å². The molecule has 1 N–H and O–H groups in total. The second-order valence-electron chi connectivity index (χ2n) is 4.79. The Morgan fingerprint density at radius 1 is 0.773 bits per heavy atom. The molecule has 3 nitrogen and oxygen atoms in total. The molecule has 0 aliphatic rings. The maximum absolute atomic E-state index is 11.5. The highest BCUT2D eigenvalue weighted by atomic mass is 16.5. The van der Waals surface area contributed by atoms with E-state index in [1.165, 1.54) is 0 Å². The van der Waals surface area contributed by atoms with Crippen molar-refractivity contribution < 1.29 is 14.6 Å². The first-order valence-electron chi connectivity index (χ1n) is 6.90. The van der Waals surface area contributed by atoms with Crippen LogP contribution in [0.1, 0.15) is 10.4 Å². The predicted molar refractivity (Wildman–Crippen MR) is 85.4 cm³/mol. The lowest BCUT2D eigenvalue weighted by molar-refractivity contribution is 0.0697. The zero-order chi connectivity index (χ0) is 15.4. The van der Waals surface area contributed by atoms with Crippen LogP contribution < -0.4 is 4.74 Å². The molecule has 0 amide bonds. The molecule has 108 valence electrons. The first kappa shape index (κ1) is 13.9. The molecule has 22 heavy (non-hydrogen) atoms. The summed E-state index contributed by atoms with van der Waals surface area (Å²) in [6.07, 6.45) is 0. The minimum absolute atomic E-state index is 0.222. The lowest BCUT2D eigenvalue weighted by Gasteiger charge is -2.10. The van der Waals surface area contributed by atoms with Crippen molar-refractivity contribution in [3.8, 4) is 22.6 Å². The van der Waals surface area contributed by atoms with E-state index in [0.717, 1.165) is 5.56 Å². The molecule has 0 unspecified atom stereocenters. The summed E-state index contributed by atoms with van der Waals surface area (Å²) >= 11 is 0. The van der Waals surface area contributed by atoms with Gasteiger partial charge in [0.05, 0.1) is 5.56 Å². The second-order valence-corrected chi connectivity index (χ2v) is 4.79. The number of carboxylic acid groups (broad SMARTS) is 1. The van der Waals surface area contributed by atoms with Gasteiger partial charge in [-0.05, 0) is 41.5 Å². The molecule has 0 bridgehead atoms. The van der Waals surface area contributed by atoms with Crippen LogP contribution in [-0.4, -0.2) is 11.1 Å². The molecule has 3 rings (SSSR count). The van der Waals surface area contributed by atoms with Crippen molar-refractivity contribution >= 4 is 5.97 Å². The summed E-state index contributed by atoms with van der Waals surface area (Å²) in [7, 11) is 0. The lowest BCUT2D eigenvalue weighted by atomic mass is 9.99. The quantitative estimate of drug-likeness (QED) is 0.747. The van der Waals surface area contributed by atoms with Crippen molar-refractivity contribution in [3.05, 3.63) is 84.4 Å². The summed E-state index contributed by atoms with van der Waals surface area (Å²) in [5, 5.41) is 9.46. The topological polar surface area (TPSA) is 46.5 Å². The molecule has 0 aromatic heterocycles. The average molecular weight is 290 g/mol. The van der Waals surface area contributed by atoms with E-state index >= 15 is 0 Å². The van der Waals surface area contributed by atoms with E-state index in [2.05, 4.69) is 0 Å². The van der Waals surface area contributed by atoms with Gasteiger partial charge in [0.2, 0.25) is 0 Å². The molecule has 3 aromatic rings. The van der Waals surface area contributed by atoms with Gasteiger partial charge in [-0.3, -0.25) is 0 Å². The lowest BCUT2D eigenvalue weighted by Crippen LogP contribution is -2.00. The molecule has 3 heteroatoms. The number of carboxylic acids is 1. The number of hydrogen-bond donors (Lipinski definition) is 1. The smallest absolute Gasteiger partial charge is 0.336 e. The van der Waals surface area contributed by atoms with E-state index in [4.69, 9.17) is 4.74 Å². The van der Waals surface area contributed by atoms with Gasteiger partial charge in [0, 0.05) is 0 Å². The molecule has 0 saturated heterocycles. The maximum Gasteiger partial charge on any atom is 0.336 e. The third kappa shape index (κ3) is 2.99. The van der Waals surface area contributed by atoms with Crippen molar-refractivity contribution in [1.82, 2.24) is 0 Å². The second kappa shape index (κ2) is 6.14. The molecule has 0 aliphatic heterocycles. The summed E-state index contributed by atoms with van der Waals surface area (Å²) in [5.74, 6) is 0.201. The van der Waals surface area contributed by atoms with E-state index in [1.807, 2.05) is 60.7 Å². The van der Waals surface area contributed by atoms with Crippen LogP contribution in [0.15, 0.2) is 78.9 Å². The van der Waals surface area contributed by atoms with Crippen molar-refractivity contribution in [3.63, 3.8) is 0 Å². The highest BCUT2D eigenvalue weighted by molar-refractivity contribution is 5.96. The zero-order valence-electron chi connectivity index (χ0n) is 11.8. The summed E-state index contributed by atoms with van der Waals surface area (Å²) in [4.78, 5) is 11.5. The normalized spacial score (nSPS) is 10.2. The molecule has 0 aliphatic carbocycles. The minimum atomic E-state index is -0.975. The SMILES string of the molecule is O=C(O)c1cc(Oc2ccccc2)ccc1-c1ccccc1. The number of aromatic carboxylic acids is 1. The monoisotopic (exact) mass is 290 g/mol. The van der Waals surface area contributed by atoms with Gasteiger partial charge in [0.15, 0.2) is 0 Å². The largest absolute Gasteiger partial charge is 0.478 e. The van der Waals surface area contributed by atoms with E-state index < -0.39 is 5.97 Å². The molecule has 0 atom stereocenters. The first-order valence-corrected chi connectivity index (χ1v) is 6.90. The molecular weight excluding hydrogens is 276 g/mol. The van der Waals surface area contributed by atoms with Crippen molar-refractivity contribution in [2.45, 2.75) is 0 Å². The third-order valence-corrected chi connectivity index (χ3v) is 3.29. The third-order valence-electron chi connectivity index (χ3n) is 3.29. The van der Waals surface area contributed by atoms with Crippen molar-refractivity contribution in [1.29, 1.82) is 0 Å². The van der Waals surface area contributed by atoms with E-state index in [9.17, 15) is 9.90 Å². The first-order chi connectivity index (χ1) is 10.7. The summed E-state index contributed by atoms with van der Waals surface area (Å²) < 4.78 is 5.70. The molecule has 3 aromatic carbocycles. The Morgan fingerprint density at radius 2 is 1.41 bits per heavy atom. The van der Waals surface area contributed by atoms with Gasteiger partial charge in [-0.1, -0.05) is 48.5 Å². The van der Waals surface area contributed by atoms with Gasteiger partial charge >= 0.3 is 5.97 Å². The van der Waals surface area contributed by atoms with Crippen LogP contribution in [0.5, 0.6) is 11.5 Å². The number of ether oxygens (including phenoxy) is 1. The summed E-state index contributed by atoms with van der Waals surface area (Å²) in [6.45, 7) is 0. The fourth-order valence-electron chi connectivity index (χ4n) is 2.26. The number of rotatable bonds is 4. The minimum Gasteiger partial charge on any atom is -0.478 e. The van der Waals surface area contributed by atoms with Crippen LogP contribution in [0.4, 0.5) is 0 Å². The van der Waals surface area contributed by atoms with E-state index in [0.29, 0.717) is 17.1 Å². The van der Waals surface area contributed by atoms with Gasteiger partial charge in [-0.15, -0.1) is 0 Å². The standard InChI is InChI=1S/C19H14O3/c20-19(21)18-13-16(22-15-9-5-2-6-10-15)11-12-17(18)14-7-3-1-4-8-14/h1-13H,(H,20,21). The van der Waals surface area contributed by atoms with Crippen molar-refractivity contribution in [2.24, 2.45) is 0 Å². The Bertz CT molecular complexity index is 780. The molecule has 0 fully saturated rings. The fraction of sp³-hybridized carbons (Fsp3) is 0. The van der Waals surface area contributed by atoms with Crippen LogP contribution in [-0.2, 0) is 0 Å². The molecule has 0 radical (unpaired) electrons. The number of benzene rings is 3. The van der Waals surface area contributed by atoms with Gasteiger partial charge in [-0.2, -0.15) is 0 Å². The Morgan fingerprint density at radius 3 is 2.05 bits per heavy atom. The molecule has 0 saturated carbocycles. The molecule has 0 heterocycles. The van der Waals surface area contributed by atoms with Gasteiger partial charge in [0.25, 0.3) is 0 Å². The molecule has 0 spiro atoms. The van der Waals surface area contributed by atoms with E-state index in [-0.39, 0.29) is 5.56 Å². The maximum atomic E-state index is 11.5. The number of hydrogen-bond acceptors (Lipinski definition) is 2. The zero-order valence-corrected chi connectivity index (χ0v) is 11.8. The van der Waals surface area contributed by atoms with Crippen LogP contribution in [0.25, 0.3) is 11.1 Å². The van der Waals surface area contributed by atoms with Crippen LogP contribution in [0.2, 0.25) is 0 Å². The fourth-order valence-corrected chi connectivity index (χ4v) is 2.26. The number of carbonyl (C=O) groups is 1. The molecular formula is C19H14O3. The highest BCUT2D eigenvalue weighted by Crippen LogP contribution is 2.29. The summed E-state index contributed by atoms with van der Waals surface area (Å²) in [6, 6.07) is 23.8. The Balaban J connectivity index is 1.99. The number of para-hydroxylation sites is 1. The Kier molecular flexibility index (Phi) is 3.88. The Hall–Kier alpha value is -3.07. The van der Waals surface area contributed by atoms with Crippen LogP contribution in [0.3, 0.4) is 0 Å².